The van der Waals surface area contributed by atoms with Crippen LogP contribution in [0, 0.1) is 16.2 Å². The lowest BCUT2D eigenvalue weighted by Gasteiger charge is -2.37. The number of carbonyl (C=O) groups is 6. The van der Waals surface area contributed by atoms with E-state index in [4.69, 9.17) is 9.47 Å². The third-order valence-corrected chi connectivity index (χ3v) is 21.8. The normalized spacial score (nSPS) is 15.2. The fourth-order valence-corrected chi connectivity index (χ4v) is 14.9. The lowest BCUT2D eigenvalue weighted by atomic mass is 9.79. The fourth-order valence-electron chi connectivity index (χ4n) is 11.6. The van der Waals surface area contributed by atoms with Crippen LogP contribution in [0.25, 0.3) is 64.0 Å². The number of aromatic nitrogens is 9. The Morgan fingerprint density at radius 1 is 0.480 bits per heavy atom. The molecule has 9 aromatic rings. The number of fused-ring (bicyclic) bond motifs is 3. The van der Waals surface area contributed by atoms with Gasteiger partial charge >= 0.3 is 43.1 Å². The number of hydrogen-bond donors (Lipinski definition) is 10. The predicted molar refractivity (Wildman–Crippen MR) is 399 cm³/mol. The number of carboxylic acids is 1. The minimum atomic E-state index is -1.72. The van der Waals surface area contributed by atoms with Crippen molar-refractivity contribution in [2.24, 2.45) is 16.2 Å². The Morgan fingerprint density at radius 3 is 1.16 bits per heavy atom. The van der Waals surface area contributed by atoms with Crippen molar-refractivity contribution in [1.82, 2.24) is 60.8 Å². The molecule has 3 fully saturated rings. The lowest BCUT2D eigenvalue weighted by Crippen LogP contribution is -2.44. The number of anilines is 6. The van der Waals surface area contributed by atoms with E-state index in [0.29, 0.717) is 187 Å². The number of benzene rings is 3. The van der Waals surface area contributed by atoms with Crippen LogP contribution in [0.1, 0.15) is 93.9 Å². The molecule has 3 aromatic carbocycles. The largest absolute Gasteiger partial charge is 0.506 e. The third kappa shape index (κ3) is 17.8. The Morgan fingerprint density at radius 2 is 0.804 bits per heavy atom. The summed E-state index contributed by atoms with van der Waals surface area (Å²) in [5.74, 6) is 0.769. The summed E-state index contributed by atoms with van der Waals surface area (Å²) in [4.78, 5) is 118. The number of aliphatic carboxylic acids is 1. The molecule has 6 amide bonds. The molecule has 0 atom stereocenters. The number of hydrogen-bond acceptors (Lipinski definition) is 26. The first-order valence-electron chi connectivity index (χ1n) is 33.3. The standard InChI is InChI=1S/C23H29BN6O5S.C23H27BrN6O3S.C21H24N6O4S/c1-4-25-21(32)29-22-28-17-11-14(10-16(24(33)34)18(17)36-22)15-12-26-20(27-13-15)30-8-6-23(3,7-9-30)19(31)35-5-2;1-4-25-21(32)29-22-28-17-11-14(10-16(24)18(17)34-22)15-12-26-20(27-13-15)30-8-6-23(3,7-9-30)19(31)33-5-2;1-3-22-19(31)26-20-25-14-8-12(9-15(28)16(14)32-20)13-10-23-18(24-11-13)27-6-4-21(2,5-7-27)17(29)30/h10-13,33-34H,4-9H2,1-3H3,(H2,25,28,29,32);10-13H,4-9H2,1-3H3,(H2,25,28,29,32);8-11,28H,3-7H2,1-2H3,(H,29,30)(H2,22,25,26,31). The lowest BCUT2D eigenvalue weighted by molar-refractivity contribution is -0.156. The number of piperidine rings is 3. The molecule has 3 saturated heterocycles. The van der Waals surface area contributed by atoms with Gasteiger partial charge in [-0.05, 0) is 157 Å². The number of nitrogens with one attached hydrogen (secondary N) is 6. The molecule has 9 heterocycles. The monoisotopic (exact) mass is 1510 g/mol. The molecule has 538 valence electrons. The molecule has 102 heavy (non-hydrogen) atoms. The number of carbonyl (C=O) groups excluding carboxylic acids is 5. The fraction of sp³-hybridized carbons (Fsp3) is 0.418. The zero-order valence-corrected chi connectivity index (χ0v) is 61.6. The van der Waals surface area contributed by atoms with Gasteiger partial charge in [0.15, 0.2) is 15.4 Å². The molecule has 0 spiro atoms. The van der Waals surface area contributed by atoms with E-state index in [0.717, 1.165) is 37.2 Å². The molecule has 0 radical (unpaired) electrons. The summed E-state index contributed by atoms with van der Waals surface area (Å²) in [7, 11) is -1.72. The predicted octanol–water partition coefficient (Wildman–Crippen LogP) is 9.86. The van der Waals surface area contributed by atoms with E-state index in [1.54, 1.807) is 62.3 Å². The van der Waals surface area contributed by atoms with Gasteiger partial charge in [-0.3, -0.25) is 30.3 Å². The van der Waals surface area contributed by atoms with Gasteiger partial charge in [-0.25, -0.2) is 59.2 Å². The number of phenolic OH excluding ortho intramolecular Hbond substituents is 1. The number of carboxylic acid groups (broad SMARTS) is 1. The second-order valence-corrected chi connectivity index (χ2v) is 29.0. The van der Waals surface area contributed by atoms with Crippen LogP contribution in [0.4, 0.5) is 47.6 Å². The molecule has 12 rings (SSSR count). The maximum absolute atomic E-state index is 12.3. The summed E-state index contributed by atoms with van der Waals surface area (Å²) in [6.45, 7) is 20.9. The summed E-state index contributed by atoms with van der Waals surface area (Å²) in [5, 5.41) is 57.1. The molecule has 30 nitrogen and oxygen atoms in total. The van der Waals surface area contributed by atoms with Crippen molar-refractivity contribution in [3.63, 3.8) is 0 Å². The summed E-state index contributed by atoms with van der Waals surface area (Å²) in [5.41, 5.74) is 5.04. The average molecular weight is 1520 g/mol. The molecule has 0 unspecified atom stereocenters. The highest BCUT2D eigenvalue weighted by Crippen LogP contribution is 2.41. The Balaban J connectivity index is 0.000000165. The van der Waals surface area contributed by atoms with Crippen molar-refractivity contribution in [2.75, 3.05) is 103 Å². The number of nitrogens with zero attached hydrogens (tertiary/aromatic N) is 12. The third-order valence-electron chi connectivity index (χ3n) is 17.8. The zero-order chi connectivity index (χ0) is 73.0. The van der Waals surface area contributed by atoms with E-state index in [2.05, 4.69) is 97.6 Å². The van der Waals surface area contributed by atoms with Crippen molar-refractivity contribution in [1.29, 1.82) is 0 Å². The van der Waals surface area contributed by atoms with Crippen LogP contribution in [0.3, 0.4) is 0 Å². The van der Waals surface area contributed by atoms with Crippen LogP contribution in [-0.4, -0.2) is 180 Å². The van der Waals surface area contributed by atoms with E-state index < -0.39 is 29.3 Å². The summed E-state index contributed by atoms with van der Waals surface area (Å²) in [6.07, 6.45) is 14.1. The van der Waals surface area contributed by atoms with Gasteiger partial charge in [0.2, 0.25) is 17.8 Å². The minimum Gasteiger partial charge on any atom is -0.506 e. The van der Waals surface area contributed by atoms with Gasteiger partial charge < -0.3 is 60.4 Å². The molecule has 6 aromatic heterocycles. The number of amides is 6. The van der Waals surface area contributed by atoms with Crippen LogP contribution in [0.15, 0.2) is 78.1 Å². The van der Waals surface area contributed by atoms with Crippen LogP contribution in [0.5, 0.6) is 5.75 Å². The Hall–Kier alpha value is -9.55. The van der Waals surface area contributed by atoms with Crippen molar-refractivity contribution in [3.05, 3.63) is 78.1 Å². The number of halogens is 1. The van der Waals surface area contributed by atoms with Gasteiger partial charge in [-0.2, -0.15) is 0 Å². The highest BCUT2D eigenvalue weighted by atomic mass is 79.9. The first-order valence-corrected chi connectivity index (χ1v) is 36.6. The van der Waals surface area contributed by atoms with Crippen LogP contribution < -0.4 is 52.1 Å². The van der Waals surface area contributed by atoms with Gasteiger partial charge in [-0.1, -0.05) is 40.1 Å². The van der Waals surface area contributed by atoms with Gasteiger partial charge in [0.25, 0.3) is 0 Å². The van der Waals surface area contributed by atoms with E-state index >= 15 is 0 Å². The van der Waals surface area contributed by atoms with Crippen LogP contribution in [-0.2, 0) is 23.9 Å². The minimum absolute atomic E-state index is 0.0620. The average Bonchev–Trinajstić information content (AvgIpc) is 1.60. The smallest absolute Gasteiger partial charge is 0.489 e. The topological polar surface area (TPSA) is 400 Å². The molecule has 0 saturated carbocycles. The van der Waals surface area contributed by atoms with Crippen molar-refractivity contribution >= 4 is 162 Å². The van der Waals surface area contributed by atoms with Crippen LogP contribution >= 0.6 is 49.9 Å². The molecule has 3 aliphatic rings. The Bertz CT molecular complexity index is 4490. The highest BCUT2D eigenvalue weighted by molar-refractivity contribution is 9.10. The van der Waals surface area contributed by atoms with E-state index in [-0.39, 0.29) is 41.2 Å². The Kier molecular flexibility index (Phi) is 24.3. The summed E-state index contributed by atoms with van der Waals surface area (Å²) in [6, 6.07) is 9.84. The second kappa shape index (κ2) is 33.1. The number of esters is 2. The molecule has 10 N–H and O–H groups in total. The van der Waals surface area contributed by atoms with E-state index in [1.165, 1.54) is 22.7 Å². The molecule has 3 aliphatic heterocycles. The first-order chi connectivity index (χ1) is 48.8. The number of rotatable bonds is 18. The highest BCUT2D eigenvalue weighted by Gasteiger charge is 2.41. The SMILES string of the molecule is CCNC(=O)Nc1nc2cc(-c3cnc(N4CCC(C)(C(=O)O)CC4)nc3)cc(O)c2s1.CCNC(=O)Nc1nc2cc(-c3cnc(N4CCC(C)(C(=O)OCC)CC4)nc3)cc(B(O)O)c2s1.CCNC(=O)Nc1nc2cc(-c3cnc(N4CCC(C)(C(=O)OCC)CC4)nc3)cc(Br)c2s1. The van der Waals surface area contributed by atoms with Crippen molar-refractivity contribution in [2.45, 2.75) is 93.9 Å². The van der Waals surface area contributed by atoms with Crippen LogP contribution in [0.2, 0.25) is 0 Å². The number of thiazole rings is 3. The maximum atomic E-state index is 12.3. The van der Waals surface area contributed by atoms with Gasteiger partial charge in [0.1, 0.15) is 5.75 Å². The number of phenols is 1. The number of ether oxygens (including phenoxy) is 2. The summed E-state index contributed by atoms with van der Waals surface area (Å²) >= 11 is 7.38. The van der Waals surface area contributed by atoms with E-state index in [9.17, 15) is 49.0 Å². The molecule has 35 heteroatoms. The van der Waals surface area contributed by atoms with Crippen molar-refractivity contribution < 1.29 is 58.5 Å². The molecular weight excluding hydrogens is 1440 g/mol. The summed E-state index contributed by atoms with van der Waals surface area (Å²) < 4.78 is 13.4. The maximum Gasteiger partial charge on any atom is 0.489 e. The van der Waals surface area contributed by atoms with Gasteiger partial charge in [0, 0.05) is 123 Å². The number of aromatic hydroxyl groups is 1. The molecule has 0 bridgehead atoms. The van der Waals surface area contributed by atoms with Crippen molar-refractivity contribution in [3.8, 4) is 39.1 Å². The second-order valence-electron chi connectivity index (χ2n) is 25.2. The van der Waals surface area contributed by atoms with Gasteiger partial charge in [0.05, 0.1) is 60.1 Å². The first kappa shape index (κ1) is 75.1. The molecule has 0 aliphatic carbocycles. The van der Waals surface area contributed by atoms with Gasteiger partial charge in [-0.15, -0.1) is 0 Å². The molecular formula is C67H80BBrN18O12S3. The Labute approximate surface area is 608 Å². The zero-order valence-electron chi connectivity index (χ0n) is 57.6. The number of urea groups is 3. The van der Waals surface area contributed by atoms with E-state index in [1.807, 2.05) is 76.5 Å². The quantitative estimate of drug-likeness (QED) is 0.0282.